The van der Waals surface area contributed by atoms with Gasteiger partial charge in [0.15, 0.2) is 0 Å². The zero-order chi connectivity index (χ0) is 33.3. The lowest BCUT2D eigenvalue weighted by atomic mass is 9.67. The van der Waals surface area contributed by atoms with Crippen LogP contribution in [0.25, 0.3) is 33.0 Å². The predicted octanol–water partition coefficient (Wildman–Crippen LogP) is 12.3. The maximum absolute atomic E-state index is 6.72. The van der Waals surface area contributed by atoms with Crippen molar-refractivity contribution >= 4 is 10.8 Å². The second-order valence-electron chi connectivity index (χ2n) is 13.8. The van der Waals surface area contributed by atoms with Crippen molar-refractivity contribution in [3.05, 3.63) is 227 Å². The van der Waals surface area contributed by atoms with E-state index < -0.39 is 5.41 Å². The summed E-state index contributed by atoms with van der Waals surface area (Å²) < 4.78 is 6.72. The first kappa shape index (κ1) is 28.8. The Bertz CT molecular complexity index is 2530. The fourth-order valence-corrected chi connectivity index (χ4v) is 8.87. The molecule has 2 aliphatic rings. The SMILES string of the molecule is CC1(c2ccccc2)c2ccccc2Oc2cc(-c3ccc4c(c3)C(c3ccccc3)(c3ccccc3)c3cc5ccccc5cc3-4)ccc21. The van der Waals surface area contributed by atoms with E-state index in [2.05, 4.69) is 195 Å². The summed E-state index contributed by atoms with van der Waals surface area (Å²) in [6, 6.07) is 68.8. The van der Waals surface area contributed by atoms with Gasteiger partial charge in [-0.1, -0.05) is 158 Å². The van der Waals surface area contributed by atoms with Crippen LogP contribution in [0.4, 0.5) is 0 Å². The normalized spacial score (nSPS) is 16.5. The second kappa shape index (κ2) is 10.9. The highest BCUT2D eigenvalue weighted by Gasteiger charge is 2.46. The van der Waals surface area contributed by atoms with Gasteiger partial charge in [-0.15, -0.1) is 0 Å². The summed E-state index contributed by atoms with van der Waals surface area (Å²) in [7, 11) is 0. The molecule has 1 unspecified atom stereocenters. The van der Waals surface area contributed by atoms with E-state index in [0.717, 1.165) is 17.1 Å². The molecular weight excluding hydrogens is 605 g/mol. The zero-order valence-corrected chi connectivity index (χ0v) is 27.8. The summed E-state index contributed by atoms with van der Waals surface area (Å²) in [6.07, 6.45) is 0. The van der Waals surface area contributed by atoms with Gasteiger partial charge in [0.25, 0.3) is 0 Å². The summed E-state index contributed by atoms with van der Waals surface area (Å²) in [5, 5.41) is 2.51. The van der Waals surface area contributed by atoms with Gasteiger partial charge in [-0.2, -0.15) is 0 Å². The third-order valence-corrected chi connectivity index (χ3v) is 11.3. The van der Waals surface area contributed by atoms with Crippen molar-refractivity contribution < 1.29 is 4.74 Å². The number of hydrogen-bond acceptors (Lipinski definition) is 1. The van der Waals surface area contributed by atoms with Gasteiger partial charge in [-0.05, 0) is 98.1 Å². The Hall–Kier alpha value is -6.18. The molecule has 8 aromatic carbocycles. The molecule has 0 saturated carbocycles. The topological polar surface area (TPSA) is 9.23 Å². The van der Waals surface area contributed by atoms with E-state index in [1.165, 1.54) is 66.4 Å². The van der Waals surface area contributed by atoms with Gasteiger partial charge in [0.2, 0.25) is 0 Å². The summed E-state index contributed by atoms with van der Waals surface area (Å²) in [4.78, 5) is 0. The first-order valence-electron chi connectivity index (χ1n) is 17.4. The number of fused-ring (bicyclic) bond motifs is 6. The molecule has 1 aliphatic heterocycles. The van der Waals surface area contributed by atoms with Crippen molar-refractivity contribution in [2.24, 2.45) is 0 Å². The fraction of sp³-hybridized carbons (Fsp3) is 0.0612. The van der Waals surface area contributed by atoms with E-state index in [0.29, 0.717) is 0 Å². The molecule has 0 radical (unpaired) electrons. The maximum Gasteiger partial charge on any atom is 0.132 e. The highest BCUT2D eigenvalue weighted by molar-refractivity contribution is 5.96. The van der Waals surface area contributed by atoms with Gasteiger partial charge < -0.3 is 4.74 Å². The van der Waals surface area contributed by atoms with Crippen LogP contribution in [-0.2, 0) is 10.8 Å². The molecule has 8 aromatic rings. The molecule has 0 aromatic heterocycles. The first-order chi connectivity index (χ1) is 24.7. The van der Waals surface area contributed by atoms with E-state index in [4.69, 9.17) is 4.74 Å². The molecule has 1 nitrogen and oxygen atoms in total. The molecule has 10 rings (SSSR count). The third kappa shape index (κ3) is 4.01. The first-order valence-corrected chi connectivity index (χ1v) is 17.4. The van der Waals surface area contributed by atoms with Crippen molar-refractivity contribution in [1.29, 1.82) is 0 Å². The van der Waals surface area contributed by atoms with Gasteiger partial charge >= 0.3 is 0 Å². The van der Waals surface area contributed by atoms with Crippen molar-refractivity contribution in [3.63, 3.8) is 0 Å². The van der Waals surface area contributed by atoms with Gasteiger partial charge in [-0.3, -0.25) is 0 Å². The predicted molar refractivity (Wildman–Crippen MR) is 205 cm³/mol. The minimum absolute atomic E-state index is 0.346. The highest BCUT2D eigenvalue weighted by Crippen LogP contribution is 2.58. The molecule has 0 bridgehead atoms. The minimum Gasteiger partial charge on any atom is -0.457 e. The van der Waals surface area contributed by atoms with Crippen molar-refractivity contribution in [3.8, 4) is 33.8 Å². The molecule has 0 fully saturated rings. The van der Waals surface area contributed by atoms with Crippen LogP contribution >= 0.6 is 0 Å². The smallest absolute Gasteiger partial charge is 0.132 e. The van der Waals surface area contributed by atoms with Crippen LogP contribution in [0.3, 0.4) is 0 Å². The number of ether oxygens (including phenoxy) is 1. The van der Waals surface area contributed by atoms with Crippen molar-refractivity contribution in [2.75, 3.05) is 0 Å². The number of para-hydroxylation sites is 1. The fourth-order valence-electron chi connectivity index (χ4n) is 8.87. The largest absolute Gasteiger partial charge is 0.457 e. The summed E-state index contributed by atoms with van der Waals surface area (Å²) in [5.41, 5.74) is 12.8. The monoisotopic (exact) mass is 638 g/mol. The van der Waals surface area contributed by atoms with Crippen LogP contribution in [0.15, 0.2) is 188 Å². The Morgan fingerprint density at radius 1 is 0.360 bits per heavy atom. The molecule has 0 amide bonds. The van der Waals surface area contributed by atoms with Crippen molar-refractivity contribution in [2.45, 2.75) is 17.8 Å². The number of rotatable bonds is 4. The Morgan fingerprint density at radius 3 is 1.58 bits per heavy atom. The van der Waals surface area contributed by atoms with Crippen LogP contribution in [0.1, 0.15) is 45.9 Å². The second-order valence-corrected chi connectivity index (χ2v) is 13.8. The molecule has 50 heavy (non-hydrogen) atoms. The Kier molecular flexibility index (Phi) is 6.29. The Labute approximate surface area is 293 Å². The van der Waals surface area contributed by atoms with Gasteiger partial charge in [0, 0.05) is 16.5 Å². The minimum atomic E-state index is -0.483. The van der Waals surface area contributed by atoms with Crippen molar-refractivity contribution in [1.82, 2.24) is 0 Å². The molecule has 1 aliphatic carbocycles. The van der Waals surface area contributed by atoms with E-state index in [-0.39, 0.29) is 5.41 Å². The summed E-state index contributed by atoms with van der Waals surface area (Å²) in [6.45, 7) is 2.33. The van der Waals surface area contributed by atoms with Crippen LogP contribution in [0.5, 0.6) is 11.5 Å². The zero-order valence-electron chi connectivity index (χ0n) is 27.8. The number of benzene rings is 8. The van der Waals surface area contributed by atoms with Crippen LogP contribution in [-0.4, -0.2) is 0 Å². The van der Waals surface area contributed by atoms with E-state index >= 15 is 0 Å². The maximum atomic E-state index is 6.72. The molecule has 236 valence electrons. The molecular formula is C49H34O. The van der Waals surface area contributed by atoms with Crippen LogP contribution in [0, 0.1) is 0 Å². The molecule has 1 atom stereocenters. The third-order valence-electron chi connectivity index (χ3n) is 11.3. The van der Waals surface area contributed by atoms with Gasteiger partial charge in [0.1, 0.15) is 11.5 Å². The van der Waals surface area contributed by atoms with E-state index in [1.807, 2.05) is 0 Å². The molecule has 1 heteroatoms. The Morgan fingerprint density at radius 2 is 0.880 bits per heavy atom. The lowest BCUT2D eigenvalue weighted by molar-refractivity contribution is 0.427. The van der Waals surface area contributed by atoms with E-state index in [1.54, 1.807) is 0 Å². The molecule has 0 saturated heterocycles. The molecule has 0 spiro atoms. The summed E-state index contributed by atoms with van der Waals surface area (Å²) in [5.74, 6) is 1.81. The lowest BCUT2D eigenvalue weighted by Crippen LogP contribution is -2.29. The average Bonchev–Trinajstić information content (AvgIpc) is 3.47. The quantitative estimate of drug-likeness (QED) is 0.186. The molecule has 0 N–H and O–H groups in total. The van der Waals surface area contributed by atoms with Gasteiger partial charge in [0.05, 0.1) is 5.41 Å². The summed E-state index contributed by atoms with van der Waals surface area (Å²) >= 11 is 0. The van der Waals surface area contributed by atoms with E-state index in [9.17, 15) is 0 Å². The average molecular weight is 639 g/mol. The van der Waals surface area contributed by atoms with Crippen LogP contribution in [0.2, 0.25) is 0 Å². The lowest BCUT2D eigenvalue weighted by Gasteiger charge is -2.38. The standard InChI is InChI=1S/C49H34O/c1-48(37-17-5-2-6-18-37)42-23-13-14-24-46(42)50-47-32-36(26-28-43(47)48)35-25-27-40-41-29-33-15-11-12-16-34(33)30-45(41)49(44(40)31-35,38-19-7-3-8-20-38)39-21-9-4-10-22-39/h2-32H,1H3. The Balaban J connectivity index is 1.21. The molecule has 1 heterocycles. The highest BCUT2D eigenvalue weighted by atomic mass is 16.5. The van der Waals surface area contributed by atoms with Crippen LogP contribution < -0.4 is 4.74 Å². The number of hydrogen-bond donors (Lipinski definition) is 0. The van der Waals surface area contributed by atoms with Gasteiger partial charge in [-0.25, -0.2) is 0 Å².